The van der Waals surface area contributed by atoms with Gasteiger partial charge in [-0.1, -0.05) is 6.92 Å². The number of hydrogen-bond donors (Lipinski definition) is 2. The van der Waals surface area contributed by atoms with Gasteiger partial charge in [-0.05, 0) is 129 Å². The highest BCUT2D eigenvalue weighted by atomic mass is 19.1. The molecule has 174 valence electrons. The van der Waals surface area contributed by atoms with Gasteiger partial charge in [0.25, 0.3) is 0 Å². The van der Waals surface area contributed by atoms with E-state index in [1.807, 2.05) is 6.92 Å². The zero-order chi connectivity index (χ0) is 22.3. The fourth-order valence-corrected chi connectivity index (χ4v) is 9.52. The molecule has 0 radical (unpaired) electrons. The van der Waals surface area contributed by atoms with Crippen molar-refractivity contribution in [1.82, 2.24) is 0 Å². The summed E-state index contributed by atoms with van der Waals surface area (Å²) in [6.45, 7) is 4.84. The van der Waals surface area contributed by atoms with Gasteiger partial charge in [-0.2, -0.15) is 0 Å². The van der Waals surface area contributed by atoms with Gasteiger partial charge in [-0.15, -0.1) is 0 Å². The van der Waals surface area contributed by atoms with Gasteiger partial charge in [0.1, 0.15) is 5.82 Å². The van der Waals surface area contributed by atoms with Crippen molar-refractivity contribution in [3.63, 3.8) is 0 Å². The fraction of sp³-hybridized carbons (Fsp3) is 0.750. The van der Waals surface area contributed by atoms with Crippen LogP contribution in [-0.4, -0.2) is 23.0 Å². The Morgan fingerprint density at radius 3 is 2.53 bits per heavy atom. The minimum absolute atomic E-state index is 0.156. The molecule has 5 aliphatic carbocycles. The van der Waals surface area contributed by atoms with Crippen LogP contribution in [0.15, 0.2) is 24.3 Å². The minimum atomic E-state index is -0.457. The lowest BCUT2D eigenvalue weighted by Crippen LogP contribution is -2.52. The normalized spacial score (nSPS) is 48.8. The summed E-state index contributed by atoms with van der Waals surface area (Å²) in [4.78, 5) is 13.5. The Bertz CT molecular complexity index is 897. The van der Waals surface area contributed by atoms with E-state index in [9.17, 15) is 14.3 Å². The van der Waals surface area contributed by atoms with E-state index in [1.165, 1.54) is 50.7 Å². The number of Topliss-reactive ketones (excluding diaryl/α,β-unsaturated/α-hetero) is 1. The van der Waals surface area contributed by atoms with Crippen LogP contribution in [-0.2, 0) is 4.79 Å². The Hall–Kier alpha value is -1.42. The zero-order valence-electron chi connectivity index (χ0n) is 19.5. The zero-order valence-corrected chi connectivity index (χ0v) is 19.5. The lowest BCUT2D eigenvalue weighted by atomic mass is 9.48. The standard InChI is InChI=1S/C28H38FNO2/c1-27(32)11-9-19-16(14-27)3-8-21-20(19)10-12-28(2)25(21)22-13-23(22)26(28)24(31)15-30-18-6-4-17(29)5-7-18/h4-7,16,19-23,25-26,30,32H,3,8-15H2,1-2H3/t16-,19+,20-,21-,22-,23+,25-,26-,27-,28+/m1/s1. The lowest BCUT2D eigenvalue weighted by molar-refractivity contribution is -0.134. The highest BCUT2D eigenvalue weighted by molar-refractivity contribution is 5.87. The average molecular weight is 440 g/mol. The Kier molecular flexibility index (Phi) is 4.81. The van der Waals surface area contributed by atoms with E-state index >= 15 is 0 Å². The first-order valence-corrected chi connectivity index (χ1v) is 13.0. The van der Waals surface area contributed by atoms with Gasteiger partial charge >= 0.3 is 0 Å². The SMILES string of the molecule is C[C@@]1(O)CC[C@H]2[C@H](CC[C@@H]3[C@@H]2CC[C@@]2(C)[C@H]3[C@@H]3C[C@@H]3[C@@H]2C(=O)CNc2ccc(F)cc2)C1. The fourth-order valence-electron chi connectivity index (χ4n) is 9.52. The molecule has 0 aliphatic heterocycles. The lowest BCUT2D eigenvalue weighted by Gasteiger charge is -2.57. The van der Waals surface area contributed by atoms with Crippen molar-refractivity contribution in [1.29, 1.82) is 0 Å². The third-order valence-corrected chi connectivity index (χ3v) is 10.7. The predicted octanol–water partition coefficient (Wildman–Crippen LogP) is 5.68. The second-order valence-electron chi connectivity index (χ2n) is 12.5. The summed E-state index contributed by atoms with van der Waals surface area (Å²) in [7, 11) is 0. The van der Waals surface area contributed by atoms with Gasteiger partial charge in [0.2, 0.25) is 0 Å². The first-order valence-electron chi connectivity index (χ1n) is 13.0. The van der Waals surface area contributed by atoms with E-state index in [0.717, 1.165) is 48.1 Å². The van der Waals surface area contributed by atoms with Crippen LogP contribution in [0, 0.1) is 58.6 Å². The Labute approximate surface area is 191 Å². The van der Waals surface area contributed by atoms with E-state index in [-0.39, 0.29) is 17.2 Å². The van der Waals surface area contributed by atoms with Crippen molar-refractivity contribution in [2.24, 2.45) is 52.8 Å². The van der Waals surface area contributed by atoms with E-state index < -0.39 is 5.60 Å². The molecule has 0 amide bonds. The monoisotopic (exact) mass is 439 g/mol. The molecule has 3 nitrogen and oxygen atoms in total. The van der Waals surface area contributed by atoms with E-state index in [0.29, 0.717) is 24.2 Å². The number of aliphatic hydroxyl groups is 1. The molecule has 5 fully saturated rings. The number of nitrogens with one attached hydrogen (secondary N) is 1. The highest BCUT2D eigenvalue weighted by Crippen LogP contribution is 2.74. The Morgan fingerprint density at radius 2 is 1.75 bits per heavy atom. The number of carbonyl (C=O) groups excluding carboxylic acids is 1. The van der Waals surface area contributed by atoms with E-state index in [4.69, 9.17) is 0 Å². The molecule has 5 aliphatic rings. The van der Waals surface area contributed by atoms with Crippen LogP contribution in [0.1, 0.15) is 65.2 Å². The van der Waals surface area contributed by atoms with Gasteiger partial charge in [-0.25, -0.2) is 4.39 Å². The molecule has 0 aromatic heterocycles. The molecule has 0 unspecified atom stereocenters. The molecular weight excluding hydrogens is 401 g/mol. The van der Waals surface area contributed by atoms with Gasteiger partial charge < -0.3 is 10.4 Å². The minimum Gasteiger partial charge on any atom is -0.390 e. The molecule has 0 heterocycles. The largest absolute Gasteiger partial charge is 0.390 e. The number of rotatable bonds is 4. The van der Waals surface area contributed by atoms with E-state index in [1.54, 1.807) is 12.1 Å². The van der Waals surface area contributed by atoms with Crippen LogP contribution in [0.2, 0.25) is 0 Å². The third kappa shape index (κ3) is 3.27. The maximum Gasteiger partial charge on any atom is 0.155 e. The number of hydrogen-bond acceptors (Lipinski definition) is 3. The van der Waals surface area contributed by atoms with Crippen LogP contribution in [0.3, 0.4) is 0 Å². The molecule has 0 spiro atoms. The predicted molar refractivity (Wildman–Crippen MR) is 123 cm³/mol. The van der Waals surface area contributed by atoms with Crippen molar-refractivity contribution in [3.05, 3.63) is 30.1 Å². The van der Waals surface area contributed by atoms with Gasteiger partial charge in [0.05, 0.1) is 12.1 Å². The summed E-state index contributed by atoms with van der Waals surface area (Å²) >= 11 is 0. The first-order chi connectivity index (χ1) is 15.3. The molecule has 4 heteroatoms. The molecule has 10 atom stereocenters. The van der Waals surface area contributed by atoms with Gasteiger partial charge in [-0.3, -0.25) is 4.79 Å². The number of halogens is 1. The van der Waals surface area contributed by atoms with Crippen molar-refractivity contribution in [2.75, 3.05) is 11.9 Å². The van der Waals surface area contributed by atoms with Crippen LogP contribution < -0.4 is 5.32 Å². The third-order valence-electron chi connectivity index (χ3n) is 10.7. The maximum absolute atomic E-state index is 13.5. The van der Waals surface area contributed by atoms with Crippen molar-refractivity contribution in [2.45, 2.75) is 70.8 Å². The first kappa shape index (κ1) is 21.1. The smallest absolute Gasteiger partial charge is 0.155 e. The highest BCUT2D eigenvalue weighted by Gasteiger charge is 2.70. The van der Waals surface area contributed by atoms with Gasteiger partial charge in [0.15, 0.2) is 5.78 Å². The van der Waals surface area contributed by atoms with Crippen LogP contribution in [0.5, 0.6) is 0 Å². The number of carbonyl (C=O) groups is 1. The molecule has 1 aromatic rings. The molecular formula is C28H38FNO2. The molecule has 6 rings (SSSR count). The van der Waals surface area contributed by atoms with Crippen LogP contribution >= 0.6 is 0 Å². The van der Waals surface area contributed by atoms with Gasteiger partial charge in [0, 0.05) is 11.6 Å². The summed E-state index contributed by atoms with van der Waals surface area (Å²) in [5, 5.41) is 13.9. The molecule has 5 saturated carbocycles. The second-order valence-corrected chi connectivity index (χ2v) is 12.5. The number of fused-ring (bicyclic) bond motifs is 7. The Balaban J connectivity index is 1.18. The quantitative estimate of drug-likeness (QED) is 0.634. The maximum atomic E-state index is 13.5. The van der Waals surface area contributed by atoms with Crippen LogP contribution in [0.4, 0.5) is 10.1 Å². The summed E-state index contributed by atoms with van der Waals surface area (Å²) in [6, 6.07) is 6.32. The molecule has 0 saturated heterocycles. The summed E-state index contributed by atoms with van der Waals surface area (Å²) in [5.41, 5.74) is 0.520. The Morgan fingerprint density at radius 1 is 1.00 bits per heavy atom. The molecule has 0 bridgehead atoms. The number of anilines is 1. The number of ketones is 1. The topological polar surface area (TPSA) is 49.3 Å². The second kappa shape index (κ2) is 7.29. The summed E-state index contributed by atoms with van der Waals surface area (Å²) in [6.07, 6.45) is 9.44. The van der Waals surface area contributed by atoms with E-state index in [2.05, 4.69) is 12.2 Å². The average Bonchev–Trinajstić information content (AvgIpc) is 3.46. The molecule has 2 N–H and O–H groups in total. The van der Waals surface area contributed by atoms with Crippen molar-refractivity contribution >= 4 is 11.5 Å². The summed E-state index contributed by atoms with van der Waals surface area (Å²) < 4.78 is 13.2. The molecule has 1 aromatic carbocycles. The molecule has 32 heavy (non-hydrogen) atoms. The van der Waals surface area contributed by atoms with Crippen molar-refractivity contribution in [3.8, 4) is 0 Å². The van der Waals surface area contributed by atoms with Crippen LogP contribution in [0.25, 0.3) is 0 Å². The number of benzene rings is 1. The summed E-state index contributed by atoms with van der Waals surface area (Å²) in [5.74, 6) is 5.49. The van der Waals surface area contributed by atoms with Crippen molar-refractivity contribution < 1.29 is 14.3 Å².